The zero-order chi connectivity index (χ0) is 20.4. The van der Waals surface area contributed by atoms with Crippen molar-refractivity contribution in [3.63, 3.8) is 0 Å². The largest absolute Gasteiger partial charge is 0.387 e. The number of H-pyrrole nitrogens is 2. The highest BCUT2D eigenvalue weighted by Gasteiger charge is 2.16. The van der Waals surface area contributed by atoms with Crippen LogP contribution in [0, 0.1) is 0 Å². The van der Waals surface area contributed by atoms with Crippen LogP contribution in [0.5, 0.6) is 0 Å². The van der Waals surface area contributed by atoms with Crippen molar-refractivity contribution in [3.05, 3.63) is 81.2 Å². The summed E-state index contributed by atoms with van der Waals surface area (Å²) in [6.07, 6.45) is 1.46. The molecule has 0 amide bonds. The average Bonchev–Trinajstić information content (AvgIpc) is 3.14. The van der Waals surface area contributed by atoms with Crippen molar-refractivity contribution in [1.82, 2.24) is 15.0 Å². The van der Waals surface area contributed by atoms with Crippen LogP contribution in [0.15, 0.2) is 59.5 Å². The Morgan fingerprint density at radius 2 is 2.07 bits per heavy atom. The summed E-state index contributed by atoms with van der Waals surface area (Å²) in [5, 5.41) is 14.1. The van der Waals surface area contributed by atoms with Gasteiger partial charge in [-0.2, -0.15) is 0 Å². The fraction of sp³-hybridized carbons (Fsp3) is 0.0952. The number of aldehydes is 1. The van der Waals surface area contributed by atoms with Gasteiger partial charge in [-0.05, 0) is 42.0 Å². The molecule has 2 heterocycles. The standard InChI is InChI=1S/C21H17ClN4O3/c22-14-3-1-2-13(9-14)18(28)10-24-16-6-7-23-21(29)19(16)20-25-15-5-4-12(11-27)8-17(15)26-20/h1-9,11,18,28H,10H2,(H,25,26)(H2,23,24,29). The van der Waals surface area contributed by atoms with Crippen LogP contribution in [-0.4, -0.2) is 32.9 Å². The number of halogens is 1. The first-order chi connectivity index (χ1) is 14.0. The summed E-state index contributed by atoms with van der Waals surface area (Å²) in [5.74, 6) is 0.365. The van der Waals surface area contributed by atoms with E-state index >= 15 is 0 Å². The van der Waals surface area contributed by atoms with Crippen molar-refractivity contribution in [2.45, 2.75) is 6.10 Å². The molecule has 1 unspecified atom stereocenters. The van der Waals surface area contributed by atoms with Crippen LogP contribution in [0.25, 0.3) is 22.4 Å². The first kappa shape index (κ1) is 18.9. The molecule has 2 aromatic carbocycles. The third kappa shape index (κ3) is 3.91. The Balaban J connectivity index is 1.65. The van der Waals surface area contributed by atoms with Gasteiger partial charge in [-0.1, -0.05) is 23.7 Å². The summed E-state index contributed by atoms with van der Waals surface area (Å²) < 4.78 is 0. The number of hydrogen-bond donors (Lipinski definition) is 4. The van der Waals surface area contributed by atoms with Gasteiger partial charge in [0.1, 0.15) is 17.7 Å². The van der Waals surface area contributed by atoms with Gasteiger partial charge in [-0.3, -0.25) is 9.59 Å². The lowest BCUT2D eigenvalue weighted by atomic mass is 10.1. The summed E-state index contributed by atoms with van der Waals surface area (Å²) in [6, 6.07) is 13.7. The van der Waals surface area contributed by atoms with E-state index in [0.29, 0.717) is 44.3 Å². The lowest BCUT2D eigenvalue weighted by Gasteiger charge is -2.15. The van der Waals surface area contributed by atoms with Crippen LogP contribution in [0.2, 0.25) is 5.02 Å². The minimum absolute atomic E-state index is 0.173. The van der Waals surface area contributed by atoms with Crippen LogP contribution < -0.4 is 10.9 Å². The molecule has 0 saturated heterocycles. The molecule has 29 heavy (non-hydrogen) atoms. The molecule has 7 nitrogen and oxygen atoms in total. The van der Waals surface area contributed by atoms with E-state index in [-0.39, 0.29) is 12.1 Å². The number of imidazole rings is 1. The third-order valence-corrected chi connectivity index (χ3v) is 4.79. The summed E-state index contributed by atoms with van der Waals surface area (Å²) in [7, 11) is 0. The fourth-order valence-corrected chi connectivity index (χ4v) is 3.32. The number of rotatable bonds is 6. The number of nitrogens with one attached hydrogen (secondary N) is 3. The quantitative estimate of drug-likeness (QED) is 0.365. The number of aromatic amines is 2. The van der Waals surface area contributed by atoms with Crippen molar-refractivity contribution < 1.29 is 9.90 Å². The van der Waals surface area contributed by atoms with E-state index in [0.717, 1.165) is 6.29 Å². The van der Waals surface area contributed by atoms with Gasteiger partial charge in [-0.15, -0.1) is 0 Å². The molecule has 8 heteroatoms. The van der Waals surface area contributed by atoms with Gasteiger partial charge < -0.3 is 20.4 Å². The van der Waals surface area contributed by atoms with Crippen molar-refractivity contribution >= 4 is 34.6 Å². The Morgan fingerprint density at radius 1 is 1.21 bits per heavy atom. The number of carbonyl (C=O) groups is 1. The van der Waals surface area contributed by atoms with E-state index in [4.69, 9.17) is 11.6 Å². The molecule has 0 saturated carbocycles. The molecule has 0 aliphatic rings. The lowest BCUT2D eigenvalue weighted by Crippen LogP contribution is -2.17. The molecule has 0 aliphatic carbocycles. The Labute approximate surface area is 170 Å². The number of benzene rings is 2. The summed E-state index contributed by atoms with van der Waals surface area (Å²) in [5.41, 5.74) is 2.97. The van der Waals surface area contributed by atoms with Gasteiger partial charge in [0, 0.05) is 23.3 Å². The lowest BCUT2D eigenvalue weighted by molar-refractivity contribution is 0.112. The van der Waals surface area contributed by atoms with Gasteiger partial charge in [0.05, 0.1) is 22.8 Å². The van der Waals surface area contributed by atoms with Gasteiger partial charge in [-0.25, -0.2) is 4.98 Å². The van der Waals surface area contributed by atoms with Crippen LogP contribution in [0.4, 0.5) is 5.69 Å². The SMILES string of the molecule is O=Cc1ccc2nc(-c3c(NCC(O)c4cccc(Cl)c4)cc[nH]c3=O)[nH]c2c1. The molecule has 2 aromatic heterocycles. The van der Waals surface area contributed by atoms with Gasteiger partial charge in [0.15, 0.2) is 0 Å². The predicted octanol–water partition coefficient (Wildman–Crippen LogP) is 3.53. The van der Waals surface area contributed by atoms with E-state index in [1.54, 1.807) is 48.5 Å². The normalized spacial score (nSPS) is 12.1. The monoisotopic (exact) mass is 408 g/mol. The number of pyridine rings is 1. The zero-order valence-corrected chi connectivity index (χ0v) is 15.9. The number of aliphatic hydroxyl groups excluding tert-OH is 1. The highest BCUT2D eigenvalue weighted by Crippen LogP contribution is 2.25. The molecule has 4 rings (SSSR count). The second kappa shape index (κ2) is 7.90. The molecule has 0 radical (unpaired) electrons. The average molecular weight is 409 g/mol. The van der Waals surface area contributed by atoms with Crippen molar-refractivity contribution in [3.8, 4) is 11.4 Å². The number of nitrogens with zero attached hydrogens (tertiary/aromatic N) is 1. The molecule has 0 bridgehead atoms. The highest BCUT2D eigenvalue weighted by atomic mass is 35.5. The molecular formula is C21H17ClN4O3. The molecule has 4 aromatic rings. The summed E-state index contributed by atoms with van der Waals surface area (Å²) in [4.78, 5) is 33.7. The van der Waals surface area contributed by atoms with Crippen molar-refractivity contribution in [2.75, 3.05) is 11.9 Å². The Morgan fingerprint density at radius 3 is 2.86 bits per heavy atom. The predicted molar refractivity (Wildman–Crippen MR) is 112 cm³/mol. The molecular weight excluding hydrogens is 392 g/mol. The molecule has 1 atom stereocenters. The van der Waals surface area contributed by atoms with Crippen molar-refractivity contribution in [1.29, 1.82) is 0 Å². The maximum absolute atomic E-state index is 12.5. The van der Waals surface area contributed by atoms with E-state index in [9.17, 15) is 14.7 Å². The topological polar surface area (TPSA) is 111 Å². The zero-order valence-electron chi connectivity index (χ0n) is 15.1. The number of aromatic nitrogens is 3. The number of fused-ring (bicyclic) bond motifs is 1. The molecule has 146 valence electrons. The van der Waals surface area contributed by atoms with Crippen LogP contribution >= 0.6 is 11.6 Å². The fourth-order valence-electron chi connectivity index (χ4n) is 3.12. The minimum Gasteiger partial charge on any atom is -0.387 e. The van der Waals surface area contributed by atoms with Gasteiger partial charge >= 0.3 is 0 Å². The van der Waals surface area contributed by atoms with E-state index < -0.39 is 6.10 Å². The number of aliphatic hydroxyl groups is 1. The Hall–Kier alpha value is -3.42. The second-order valence-electron chi connectivity index (χ2n) is 6.53. The molecule has 4 N–H and O–H groups in total. The maximum Gasteiger partial charge on any atom is 0.261 e. The van der Waals surface area contributed by atoms with Gasteiger partial charge in [0.2, 0.25) is 0 Å². The Kier molecular flexibility index (Phi) is 5.16. The highest BCUT2D eigenvalue weighted by molar-refractivity contribution is 6.30. The smallest absolute Gasteiger partial charge is 0.261 e. The molecule has 0 spiro atoms. The summed E-state index contributed by atoms with van der Waals surface area (Å²) in [6.45, 7) is 0.173. The molecule has 0 fully saturated rings. The van der Waals surface area contributed by atoms with Crippen LogP contribution in [0.1, 0.15) is 22.0 Å². The number of hydrogen-bond acceptors (Lipinski definition) is 5. The summed E-state index contributed by atoms with van der Waals surface area (Å²) >= 11 is 5.98. The number of carbonyl (C=O) groups excluding carboxylic acids is 1. The first-order valence-corrected chi connectivity index (χ1v) is 9.27. The second-order valence-corrected chi connectivity index (χ2v) is 6.96. The van der Waals surface area contributed by atoms with Crippen LogP contribution in [-0.2, 0) is 0 Å². The van der Waals surface area contributed by atoms with E-state index in [2.05, 4.69) is 20.3 Å². The third-order valence-electron chi connectivity index (χ3n) is 4.56. The first-order valence-electron chi connectivity index (χ1n) is 8.89. The van der Waals surface area contributed by atoms with Crippen LogP contribution in [0.3, 0.4) is 0 Å². The number of anilines is 1. The molecule has 0 aliphatic heterocycles. The van der Waals surface area contributed by atoms with E-state index in [1.165, 1.54) is 6.20 Å². The minimum atomic E-state index is -0.813. The van der Waals surface area contributed by atoms with E-state index in [1.807, 2.05) is 0 Å². The Bertz CT molecular complexity index is 1250. The van der Waals surface area contributed by atoms with Gasteiger partial charge in [0.25, 0.3) is 5.56 Å². The van der Waals surface area contributed by atoms with Crippen molar-refractivity contribution in [2.24, 2.45) is 0 Å². The maximum atomic E-state index is 12.5.